The van der Waals surface area contributed by atoms with Crippen LogP contribution in [-0.4, -0.2) is 96.7 Å². The molecule has 0 aromatic heterocycles. The normalized spacial score (nSPS) is 14.8. The lowest BCUT2D eigenvalue weighted by atomic mass is 10.1. The summed E-state index contributed by atoms with van der Waals surface area (Å²) < 4.78 is 68.3. The van der Waals surface area contributed by atoms with Crippen LogP contribution in [0, 0.1) is 0 Å². The van der Waals surface area contributed by atoms with Crippen LogP contribution in [0.2, 0.25) is 0 Å². The van der Waals surface area contributed by atoms with E-state index in [9.17, 15) is 43.2 Å². The summed E-state index contributed by atoms with van der Waals surface area (Å²) in [5, 5.41) is 10.6. The highest BCUT2D eigenvalue weighted by Crippen LogP contribution is 2.45. The molecular formula is C83H136O17P2. The second-order valence-electron chi connectivity index (χ2n) is 25.2. The first-order valence-corrected chi connectivity index (χ1v) is 41.7. The molecule has 102 heavy (non-hydrogen) atoms. The topological polar surface area (TPSA) is 237 Å². The Bertz CT molecular complexity index is 2550. The molecule has 0 saturated heterocycles. The van der Waals surface area contributed by atoms with Gasteiger partial charge in [0.05, 0.1) is 32.8 Å². The Morgan fingerprint density at radius 3 is 0.931 bits per heavy atom. The SMILES string of the molecule is CC/C=C\C/C=C\C/C=C\C/C=C\C/C=C\CCCC(=O)OCC(COP(=O)(O)OCC(O)COP(=O)(O)OCC(COC(=O)C/C=C\C/C=C\C/C=C\C/C=C\C/C=C\CC)OC(=O)CCCCCCC/C=C\C/C=C\CCCCC)OC(=O)CCCCCCC/C=C\CCCCCCCC. The molecule has 0 rings (SSSR count). The Kier molecular flexibility index (Phi) is 70.1. The molecule has 0 aliphatic rings. The molecule has 0 amide bonds. The van der Waals surface area contributed by atoms with Crippen LogP contribution in [-0.2, 0) is 65.4 Å². The number of rotatable bonds is 71. The number of carbonyl (C=O) groups excluding carboxylic acids is 4. The van der Waals surface area contributed by atoms with Crippen LogP contribution in [0.5, 0.6) is 0 Å². The van der Waals surface area contributed by atoms with E-state index in [4.69, 9.17) is 37.0 Å². The standard InChI is InChI=1S/C83H136O17P2/c1-5-9-13-17-21-25-29-33-37-38-42-44-48-52-56-60-64-68-81(86)94-74-79(100-83(88)70-66-62-58-54-50-46-41-36-32-28-24-20-16-12-8-4)76-98-102(91,92)96-72-77(84)71-95-101(89,90)97-75-78(99-82(87)69-65-61-57-53-49-45-40-35-31-27-23-19-15-11-7-3)73-93-80(85)67-63-59-55-51-47-43-39-34-30-26-22-18-14-10-6-2/h9-10,13-14,21-23,25-27,33-37,39-42,44,47,51-52,56,59,63,77-79,84H,5-8,11-12,15-20,24,28-32,38,43,45-46,48-50,53-55,57-58,60-62,64-76H2,1-4H3,(H,89,90)(H,91,92)/b13-9-,14-10-,25-21-,26-22-,27-23-,37-33-,39-34-,40-35-,41-36-,44-42-,51-47-,56-52-,63-59-. The predicted molar refractivity (Wildman–Crippen MR) is 417 cm³/mol. The third kappa shape index (κ3) is 73.0. The van der Waals surface area contributed by atoms with Gasteiger partial charge in [0.2, 0.25) is 0 Å². The van der Waals surface area contributed by atoms with Gasteiger partial charge in [-0.2, -0.15) is 0 Å². The van der Waals surface area contributed by atoms with Crippen molar-refractivity contribution >= 4 is 39.5 Å². The fraction of sp³-hybridized carbons (Fsp3) is 0.639. The quantitative estimate of drug-likeness (QED) is 0.0169. The van der Waals surface area contributed by atoms with Gasteiger partial charge in [-0.25, -0.2) is 9.13 Å². The number of unbranched alkanes of at least 4 members (excludes halogenated alkanes) is 20. The van der Waals surface area contributed by atoms with Gasteiger partial charge in [0.25, 0.3) is 0 Å². The molecule has 0 bridgehead atoms. The van der Waals surface area contributed by atoms with Crippen molar-refractivity contribution in [3.05, 3.63) is 158 Å². The lowest BCUT2D eigenvalue weighted by Gasteiger charge is -2.21. The summed E-state index contributed by atoms with van der Waals surface area (Å²) >= 11 is 0. The van der Waals surface area contributed by atoms with Gasteiger partial charge in [-0.05, 0) is 148 Å². The Morgan fingerprint density at radius 2 is 0.559 bits per heavy atom. The molecule has 0 fully saturated rings. The molecule has 0 aliphatic heterocycles. The minimum absolute atomic E-state index is 0.0533. The van der Waals surface area contributed by atoms with Crippen molar-refractivity contribution in [2.75, 3.05) is 39.6 Å². The fourth-order valence-corrected chi connectivity index (χ4v) is 11.2. The van der Waals surface area contributed by atoms with E-state index < -0.39 is 97.5 Å². The Labute approximate surface area is 617 Å². The Hall–Kier alpha value is -5.32. The van der Waals surface area contributed by atoms with Crippen molar-refractivity contribution < 1.29 is 80.2 Å². The van der Waals surface area contributed by atoms with Crippen LogP contribution in [0.1, 0.15) is 285 Å². The Balaban J connectivity index is 5.50. The average Bonchev–Trinajstić information content (AvgIpc) is 0.923. The van der Waals surface area contributed by atoms with Crippen molar-refractivity contribution in [1.29, 1.82) is 0 Å². The van der Waals surface area contributed by atoms with Crippen molar-refractivity contribution in [3.8, 4) is 0 Å². The van der Waals surface area contributed by atoms with Crippen LogP contribution < -0.4 is 0 Å². The van der Waals surface area contributed by atoms with E-state index in [2.05, 4.69) is 149 Å². The molecule has 0 heterocycles. The van der Waals surface area contributed by atoms with Gasteiger partial charge in [0.15, 0.2) is 12.2 Å². The van der Waals surface area contributed by atoms with Gasteiger partial charge in [-0.3, -0.25) is 37.3 Å². The number of esters is 4. The fourth-order valence-electron chi connectivity index (χ4n) is 9.65. The van der Waals surface area contributed by atoms with Gasteiger partial charge in [0.1, 0.15) is 19.3 Å². The highest BCUT2D eigenvalue weighted by atomic mass is 31.2. The number of phosphoric acid groups is 2. The van der Waals surface area contributed by atoms with Crippen LogP contribution >= 0.6 is 15.6 Å². The van der Waals surface area contributed by atoms with Gasteiger partial charge < -0.3 is 33.8 Å². The zero-order valence-electron chi connectivity index (χ0n) is 63.2. The maximum Gasteiger partial charge on any atom is 0.472 e. The number of aliphatic hydroxyl groups is 1. The van der Waals surface area contributed by atoms with Crippen LogP contribution in [0.15, 0.2) is 158 Å². The number of phosphoric ester groups is 2. The van der Waals surface area contributed by atoms with E-state index in [1.807, 2.05) is 30.4 Å². The highest BCUT2D eigenvalue weighted by molar-refractivity contribution is 7.47. The molecule has 0 aromatic carbocycles. The van der Waals surface area contributed by atoms with Crippen molar-refractivity contribution in [3.63, 3.8) is 0 Å². The maximum absolute atomic E-state index is 13.1. The first-order valence-electron chi connectivity index (χ1n) is 38.7. The summed E-state index contributed by atoms with van der Waals surface area (Å²) in [6.45, 7) is 4.39. The lowest BCUT2D eigenvalue weighted by molar-refractivity contribution is -0.161. The summed E-state index contributed by atoms with van der Waals surface area (Å²) in [5.74, 6) is -2.43. The van der Waals surface area contributed by atoms with Crippen molar-refractivity contribution in [2.24, 2.45) is 0 Å². The number of aliphatic hydroxyl groups excluding tert-OH is 1. The molecule has 17 nitrogen and oxygen atoms in total. The lowest BCUT2D eigenvalue weighted by Crippen LogP contribution is -2.30. The van der Waals surface area contributed by atoms with Gasteiger partial charge >= 0.3 is 39.5 Å². The van der Waals surface area contributed by atoms with Gasteiger partial charge in [-0.1, -0.05) is 269 Å². The van der Waals surface area contributed by atoms with E-state index in [-0.39, 0.29) is 25.7 Å². The van der Waals surface area contributed by atoms with Crippen molar-refractivity contribution in [1.82, 2.24) is 0 Å². The van der Waals surface area contributed by atoms with E-state index in [0.717, 1.165) is 141 Å². The molecule has 3 N–H and O–H groups in total. The second-order valence-corrected chi connectivity index (χ2v) is 28.1. The molecule has 5 unspecified atom stereocenters. The minimum atomic E-state index is -5.01. The summed E-state index contributed by atoms with van der Waals surface area (Å²) in [6.07, 6.45) is 85.5. The molecule has 0 aliphatic carbocycles. The van der Waals surface area contributed by atoms with E-state index in [1.54, 1.807) is 6.08 Å². The first-order chi connectivity index (χ1) is 49.7. The Morgan fingerprint density at radius 1 is 0.294 bits per heavy atom. The minimum Gasteiger partial charge on any atom is -0.462 e. The molecular weight excluding hydrogens is 1330 g/mol. The predicted octanol–water partition coefficient (Wildman–Crippen LogP) is 22.4. The van der Waals surface area contributed by atoms with E-state index in [1.165, 1.54) is 57.8 Å². The third-order valence-corrected chi connectivity index (χ3v) is 17.4. The average molecular weight is 1470 g/mol. The third-order valence-electron chi connectivity index (χ3n) is 15.5. The zero-order chi connectivity index (χ0) is 74.6. The summed E-state index contributed by atoms with van der Waals surface area (Å²) in [6, 6.07) is 0. The van der Waals surface area contributed by atoms with E-state index >= 15 is 0 Å². The molecule has 0 aromatic rings. The molecule has 0 spiro atoms. The second kappa shape index (κ2) is 74.0. The number of ether oxygens (including phenoxy) is 4. The smallest absolute Gasteiger partial charge is 0.462 e. The molecule has 5 atom stereocenters. The van der Waals surface area contributed by atoms with Gasteiger partial charge in [-0.15, -0.1) is 0 Å². The first kappa shape index (κ1) is 96.7. The van der Waals surface area contributed by atoms with Crippen molar-refractivity contribution in [2.45, 2.75) is 303 Å². The molecule has 580 valence electrons. The number of hydrogen-bond donors (Lipinski definition) is 3. The zero-order valence-corrected chi connectivity index (χ0v) is 65.0. The summed E-state index contributed by atoms with van der Waals surface area (Å²) in [7, 11) is -10.0. The summed E-state index contributed by atoms with van der Waals surface area (Å²) in [5.41, 5.74) is 0. The van der Waals surface area contributed by atoms with Crippen LogP contribution in [0.25, 0.3) is 0 Å². The van der Waals surface area contributed by atoms with Gasteiger partial charge in [0, 0.05) is 19.3 Å². The monoisotopic (exact) mass is 1470 g/mol. The highest BCUT2D eigenvalue weighted by Gasteiger charge is 2.30. The maximum atomic E-state index is 13.1. The number of allylic oxidation sites excluding steroid dienone is 25. The largest absolute Gasteiger partial charge is 0.472 e. The molecule has 19 heteroatoms. The summed E-state index contributed by atoms with van der Waals surface area (Å²) in [4.78, 5) is 72.8. The number of hydrogen-bond acceptors (Lipinski definition) is 15. The van der Waals surface area contributed by atoms with E-state index in [0.29, 0.717) is 32.1 Å². The number of carbonyl (C=O) groups is 4. The molecule has 0 saturated carbocycles. The molecule has 0 radical (unpaired) electrons. The van der Waals surface area contributed by atoms with Crippen LogP contribution in [0.4, 0.5) is 0 Å². The van der Waals surface area contributed by atoms with Crippen LogP contribution in [0.3, 0.4) is 0 Å².